The number of carbonyl (C=O) groups is 1. The van der Waals surface area contributed by atoms with Crippen LogP contribution in [0.1, 0.15) is 11.3 Å². The van der Waals surface area contributed by atoms with Gasteiger partial charge >= 0.3 is 5.69 Å². The molecule has 10 nitrogen and oxygen atoms in total. The average molecular weight is 341 g/mol. The lowest BCUT2D eigenvalue weighted by Crippen LogP contribution is -2.21. The highest BCUT2D eigenvalue weighted by Crippen LogP contribution is 2.15. The summed E-state index contributed by atoms with van der Waals surface area (Å²) in [7, 11) is 0. The summed E-state index contributed by atoms with van der Waals surface area (Å²) < 4.78 is 2.86. The van der Waals surface area contributed by atoms with Crippen molar-refractivity contribution in [2.75, 3.05) is 5.32 Å². The molecule has 1 amide bonds. The SMILES string of the molecule is Cc1c([N+](=O)[O-])cnn1CC(=O)Nc1ncn(Cc2ccccc2)n1. The lowest BCUT2D eigenvalue weighted by molar-refractivity contribution is -0.385. The second kappa shape index (κ2) is 6.91. The quantitative estimate of drug-likeness (QED) is 0.534. The molecular formula is C15H15N7O3. The van der Waals surface area contributed by atoms with Crippen LogP contribution < -0.4 is 5.32 Å². The molecule has 0 fully saturated rings. The molecule has 1 N–H and O–H groups in total. The number of carbonyl (C=O) groups excluding carboxylic acids is 1. The molecule has 25 heavy (non-hydrogen) atoms. The van der Waals surface area contributed by atoms with Crippen molar-refractivity contribution in [1.29, 1.82) is 0 Å². The molecule has 3 rings (SSSR count). The van der Waals surface area contributed by atoms with Crippen molar-refractivity contribution in [3.63, 3.8) is 0 Å². The molecule has 3 aromatic rings. The normalized spacial score (nSPS) is 10.6. The molecule has 1 aromatic carbocycles. The Bertz CT molecular complexity index is 901. The predicted molar refractivity (Wildman–Crippen MR) is 87.8 cm³/mol. The van der Waals surface area contributed by atoms with Crippen molar-refractivity contribution < 1.29 is 9.72 Å². The third kappa shape index (κ3) is 3.86. The molecule has 0 radical (unpaired) electrons. The van der Waals surface area contributed by atoms with Crippen LogP contribution in [0.3, 0.4) is 0 Å². The maximum absolute atomic E-state index is 12.0. The van der Waals surface area contributed by atoms with Crippen LogP contribution in [0, 0.1) is 17.0 Å². The number of anilines is 1. The summed E-state index contributed by atoms with van der Waals surface area (Å²) >= 11 is 0. The second-order valence-corrected chi connectivity index (χ2v) is 5.33. The molecule has 10 heteroatoms. The van der Waals surface area contributed by atoms with E-state index in [4.69, 9.17) is 0 Å². The van der Waals surface area contributed by atoms with Gasteiger partial charge in [0.15, 0.2) is 0 Å². The first-order valence-corrected chi connectivity index (χ1v) is 7.43. The molecule has 2 heterocycles. The zero-order valence-corrected chi connectivity index (χ0v) is 13.4. The van der Waals surface area contributed by atoms with Gasteiger partial charge in [-0.05, 0) is 12.5 Å². The van der Waals surface area contributed by atoms with E-state index in [-0.39, 0.29) is 18.2 Å². The number of rotatable bonds is 6. The summed E-state index contributed by atoms with van der Waals surface area (Å²) in [4.78, 5) is 26.3. The Hall–Kier alpha value is -3.56. The summed E-state index contributed by atoms with van der Waals surface area (Å²) in [5.74, 6) is -0.251. The van der Waals surface area contributed by atoms with Crippen LogP contribution in [0.25, 0.3) is 0 Å². The number of nitro groups is 1. The lowest BCUT2D eigenvalue weighted by atomic mass is 10.2. The van der Waals surface area contributed by atoms with Crippen molar-refractivity contribution in [1.82, 2.24) is 24.5 Å². The van der Waals surface area contributed by atoms with Crippen LogP contribution >= 0.6 is 0 Å². The largest absolute Gasteiger partial charge is 0.309 e. The number of nitrogens with zero attached hydrogens (tertiary/aromatic N) is 6. The lowest BCUT2D eigenvalue weighted by Gasteiger charge is -2.03. The number of amides is 1. The van der Waals surface area contributed by atoms with Gasteiger partial charge in [-0.15, -0.1) is 5.10 Å². The number of hydrogen-bond acceptors (Lipinski definition) is 6. The van der Waals surface area contributed by atoms with Gasteiger partial charge in [0.05, 0.1) is 11.5 Å². The van der Waals surface area contributed by atoms with Gasteiger partial charge in [-0.2, -0.15) is 5.10 Å². The highest BCUT2D eigenvalue weighted by Gasteiger charge is 2.18. The first kappa shape index (κ1) is 16.3. The molecule has 0 aliphatic rings. The summed E-state index contributed by atoms with van der Waals surface area (Å²) in [6, 6.07) is 9.72. The van der Waals surface area contributed by atoms with Crippen molar-refractivity contribution in [2.45, 2.75) is 20.0 Å². The molecule has 128 valence electrons. The summed E-state index contributed by atoms with van der Waals surface area (Å²) in [6.45, 7) is 1.91. The van der Waals surface area contributed by atoms with Gasteiger partial charge < -0.3 is 0 Å². The first-order chi connectivity index (χ1) is 12.0. The van der Waals surface area contributed by atoms with Crippen LogP contribution in [0.15, 0.2) is 42.9 Å². The topological polar surface area (TPSA) is 121 Å². The predicted octanol–water partition coefficient (Wildman–Crippen LogP) is 1.38. The minimum atomic E-state index is -0.538. The van der Waals surface area contributed by atoms with Gasteiger partial charge in [0.1, 0.15) is 24.8 Å². The molecule has 0 unspecified atom stereocenters. The van der Waals surface area contributed by atoms with E-state index in [9.17, 15) is 14.9 Å². The monoisotopic (exact) mass is 341 g/mol. The number of hydrogen-bond donors (Lipinski definition) is 1. The molecule has 0 aliphatic carbocycles. The van der Waals surface area contributed by atoms with Gasteiger partial charge in [-0.25, -0.2) is 9.67 Å². The second-order valence-electron chi connectivity index (χ2n) is 5.33. The van der Waals surface area contributed by atoms with E-state index in [1.807, 2.05) is 30.3 Å². The van der Waals surface area contributed by atoms with Crippen molar-refractivity contribution in [2.24, 2.45) is 0 Å². The van der Waals surface area contributed by atoms with E-state index in [0.29, 0.717) is 12.2 Å². The Kier molecular flexibility index (Phi) is 4.50. The van der Waals surface area contributed by atoms with Gasteiger partial charge in [0, 0.05) is 0 Å². The van der Waals surface area contributed by atoms with Gasteiger partial charge in [-0.3, -0.25) is 24.9 Å². The fourth-order valence-electron chi connectivity index (χ4n) is 2.27. The molecule has 0 atom stereocenters. The minimum Gasteiger partial charge on any atom is -0.292 e. The van der Waals surface area contributed by atoms with Crippen LogP contribution in [0.2, 0.25) is 0 Å². The Morgan fingerprint density at radius 3 is 2.76 bits per heavy atom. The molecular weight excluding hydrogens is 326 g/mol. The van der Waals surface area contributed by atoms with Gasteiger partial charge in [0.25, 0.3) is 0 Å². The third-order valence-corrected chi connectivity index (χ3v) is 3.54. The Labute approximate surface area is 142 Å². The van der Waals surface area contributed by atoms with Crippen LogP contribution in [0.4, 0.5) is 11.6 Å². The highest BCUT2D eigenvalue weighted by atomic mass is 16.6. The van der Waals surface area contributed by atoms with E-state index in [2.05, 4.69) is 20.5 Å². The van der Waals surface area contributed by atoms with E-state index in [1.165, 1.54) is 17.9 Å². The molecule has 0 saturated carbocycles. The summed E-state index contributed by atoms with van der Waals surface area (Å²) in [5.41, 5.74) is 1.24. The zero-order chi connectivity index (χ0) is 17.8. The molecule has 0 bridgehead atoms. The van der Waals surface area contributed by atoms with Crippen molar-refractivity contribution >= 4 is 17.5 Å². The van der Waals surface area contributed by atoms with Gasteiger partial charge in [-0.1, -0.05) is 30.3 Å². The van der Waals surface area contributed by atoms with Crippen molar-refractivity contribution in [3.8, 4) is 0 Å². The maximum atomic E-state index is 12.0. The third-order valence-electron chi connectivity index (χ3n) is 3.54. The Morgan fingerprint density at radius 1 is 1.32 bits per heavy atom. The fraction of sp³-hybridized carbons (Fsp3) is 0.200. The Morgan fingerprint density at radius 2 is 2.08 bits per heavy atom. The molecule has 2 aromatic heterocycles. The number of aromatic nitrogens is 5. The van der Waals surface area contributed by atoms with Crippen LogP contribution in [0.5, 0.6) is 0 Å². The van der Waals surface area contributed by atoms with E-state index >= 15 is 0 Å². The molecule has 0 saturated heterocycles. The summed E-state index contributed by atoms with van der Waals surface area (Å²) in [6.07, 6.45) is 2.64. The smallest absolute Gasteiger partial charge is 0.292 e. The van der Waals surface area contributed by atoms with Crippen LogP contribution in [-0.4, -0.2) is 35.4 Å². The molecule has 0 aliphatic heterocycles. The standard InChI is InChI=1S/C15H15N7O3/c1-11-13(22(24)25)7-17-21(11)9-14(23)18-15-16-10-20(19-15)8-12-5-3-2-4-6-12/h2-7,10H,8-9H2,1H3,(H,18,19,23). The summed E-state index contributed by atoms with van der Waals surface area (Å²) in [5, 5.41) is 21.4. The zero-order valence-electron chi connectivity index (χ0n) is 13.4. The minimum absolute atomic E-state index is 0.127. The Balaban J connectivity index is 1.61. The maximum Gasteiger partial charge on any atom is 0.309 e. The van der Waals surface area contributed by atoms with E-state index < -0.39 is 10.8 Å². The van der Waals surface area contributed by atoms with Crippen LogP contribution in [-0.2, 0) is 17.9 Å². The van der Waals surface area contributed by atoms with E-state index in [1.54, 1.807) is 4.68 Å². The van der Waals surface area contributed by atoms with E-state index in [0.717, 1.165) is 11.8 Å². The number of nitrogens with one attached hydrogen (secondary N) is 1. The molecule has 0 spiro atoms. The first-order valence-electron chi connectivity index (χ1n) is 7.43. The highest BCUT2D eigenvalue weighted by molar-refractivity contribution is 5.88. The van der Waals surface area contributed by atoms with Gasteiger partial charge in [0.2, 0.25) is 11.9 Å². The average Bonchev–Trinajstić information content (AvgIpc) is 3.16. The fourth-order valence-corrected chi connectivity index (χ4v) is 2.27. The van der Waals surface area contributed by atoms with Crippen molar-refractivity contribution in [3.05, 3.63) is 64.2 Å². The number of benzene rings is 1.